The Hall–Kier alpha value is -1.13. The van der Waals surface area contributed by atoms with Gasteiger partial charge in [0.2, 0.25) is 0 Å². The Balaban J connectivity index is 1.79. The molecule has 2 aromatic rings. The van der Waals surface area contributed by atoms with E-state index < -0.39 is 0 Å². The molecule has 1 aliphatic heterocycles. The van der Waals surface area contributed by atoms with Gasteiger partial charge < -0.3 is 10.1 Å². The average molecular weight is 321 g/mol. The van der Waals surface area contributed by atoms with Crippen molar-refractivity contribution >= 4 is 32.5 Å². The van der Waals surface area contributed by atoms with Crippen LogP contribution >= 0.6 is 15.9 Å². The van der Waals surface area contributed by atoms with Gasteiger partial charge in [-0.2, -0.15) is 0 Å². The monoisotopic (exact) mass is 320 g/mol. The van der Waals surface area contributed by atoms with E-state index in [1.807, 2.05) is 24.4 Å². The first-order valence-corrected chi connectivity index (χ1v) is 7.49. The molecule has 100 valence electrons. The van der Waals surface area contributed by atoms with Gasteiger partial charge in [-0.05, 0) is 46.8 Å². The Morgan fingerprint density at radius 2 is 2.11 bits per heavy atom. The van der Waals surface area contributed by atoms with Gasteiger partial charge in [-0.3, -0.25) is 4.98 Å². The molecule has 1 N–H and O–H groups in total. The molecular formula is C15H17BrN2O. The zero-order chi connectivity index (χ0) is 13.1. The van der Waals surface area contributed by atoms with Crippen molar-refractivity contribution in [3.63, 3.8) is 0 Å². The standard InChI is InChI=1S/C15H17BrN2O/c16-13-3-1-2-12-14(4-7-17-15(12)13)18-10-11-5-8-19-9-6-11/h1-4,7,11H,5-6,8-10H2,(H,17,18). The van der Waals surface area contributed by atoms with E-state index in [4.69, 9.17) is 4.74 Å². The van der Waals surface area contributed by atoms with E-state index in [0.29, 0.717) is 5.92 Å². The normalized spacial score (nSPS) is 16.7. The fraction of sp³-hybridized carbons (Fsp3) is 0.400. The molecule has 0 unspecified atom stereocenters. The second-order valence-electron chi connectivity index (χ2n) is 4.93. The smallest absolute Gasteiger partial charge is 0.0864 e. The maximum atomic E-state index is 5.39. The van der Waals surface area contributed by atoms with Crippen LogP contribution in [0.3, 0.4) is 0 Å². The molecule has 0 saturated carbocycles. The van der Waals surface area contributed by atoms with E-state index in [0.717, 1.165) is 48.3 Å². The van der Waals surface area contributed by atoms with Crippen LogP contribution in [-0.2, 0) is 4.74 Å². The molecule has 3 rings (SSSR count). The fourth-order valence-electron chi connectivity index (χ4n) is 2.50. The number of halogens is 1. The molecule has 0 bridgehead atoms. The van der Waals surface area contributed by atoms with E-state index in [1.165, 1.54) is 5.39 Å². The molecule has 1 fully saturated rings. The molecule has 19 heavy (non-hydrogen) atoms. The van der Waals surface area contributed by atoms with Crippen LogP contribution in [0.15, 0.2) is 34.9 Å². The van der Waals surface area contributed by atoms with Gasteiger partial charge in [0.1, 0.15) is 0 Å². The number of ether oxygens (including phenoxy) is 1. The molecule has 0 amide bonds. The van der Waals surface area contributed by atoms with E-state index in [-0.39, 0.29) is 0 Å². The third-order valence-corrected chi connectivity index (χ3v) is 4.28. The highest BCUT2D eigenvalue weighted by Gasteiger charge is 2.14. The summed E-state index contributed by atoms with van der Waals surface area (Å²) in [7, 11) is 0. The lowest BCUT2D eigenvalue weighted by Crippen LogP contribution is -2.22. The van der Waals surface area contributed by atoms with E-state index in [1.54, 1.807) is 0 Å². The maximum Gasteiger partial charge on any atom is 0.0864 e. The highest BCUT2D eigenvalue weighted by molar-refractivity contribution is 9.10. The minimum absolute atomic E-state index is 0.712. The minimum atomic E-state index is 0.712. The van der Waals surface area contributed by atoms with Crippen molar-refractivity contribution in [3.8, 4) is 0 Å². The SMILES string of the molecule is Brc1cccc2c(NCC3CCOCC3)ccnc12. The Bertz CT molecular complexity index is 567. The summed E-state index contributed by atoms with van der Waals surface area (Å²) in [5.41, 5.74) is 2.18. The molecule has 1 aromatic carbocycles. The Kier molecular flexibility index (Phi) is 3.99. The zero-order valence-electron chi connectivity index (χ0n) is 10.7. The molecule has 0 spiro atoms. The van der Waals surface area contributed by atoms with Crippen LogP contribution in [0.25, 0.3) is 10.9 Å². The van der Waals surface area contributed by atoms with Crippen molar-refractivity contribution in [2.45, 2.75) is 12.8 Å². The summed E-state index contributed by atoms with van der Waals surface area (Å²) in [6.07, 6.45) is 4.17. The molecule has 1 aromatic heterocycles. The topological polar surface area (TPSA) is 34.1 Å². The van der Waals surface area contributed by atoms with Crippen LogP contribution in [0.5, 0.6) is 0 Å². The number of benzene rings is 1. The van der Waals surface area contributed by atoms with Crippen molar-refractivity contribution in [1.82, 2.24) is 4.98 Å². The van der Waals surface area contributed by atoms with Gasteiger partial charge in [-0.15, -0.1) is 0 Å². The zero-order valence-corrected chi connectivity index (χ0v) is 12.3. The Labute approximate surface area is 121 Å². The molecule has 2 heterocycles. The minimum Gasteiger partial charge on any atom is -0.384 e. The van der Waals surface area contributed by atoms with Crippen molar-refractivity contribution in [1.29, 1.82) is 0 Å². The van der Waals surface area contributed by atoms with Crippen LogP contribution in [0.1, 0.15) is 12.8 Å². The summed E-state index contributed by atoms with van der Waals surface area (Å²) in [5.74, 6) is 0.712. The first kappa shape index (κ1) is 12.9. The fourth-order valence-corrected chi connectivity index (χ4v) is 2.97. The van der Waals surface area contributed by atoms with Gasteiger partial charge in [0, 0.05) is 41.5 Å². The summed E-state index contributed by atoms with van der Waals surface area (Å²) in [5, 5.41) is 4.74. The highest BCUT2D eigenvalue weighted by atomic mass is 79.9. The Morgan fingerprint density at radius 3 is 2.95 bits per heavy atom. The number of hydrogen-bond donors (Lipinski definition) is 1. The lowest BCUT2D eigenvalue weighted by molar-refractivity contribution is 0.0699. The number of pyridine rings is 1. The quantitative estimate of drug-likeness (QED) is 0.933. The largest absolute Gasteiger partial charge is 0.384 e. The van der Waals surface area contributed by atoms with Gasteiger partial charge in [0.25, 0.3) is 0 Å². The summed E-state index contributed by atoms with van der Waals surface area (Å²) in [6.45, 7) is 2.80. The first-order chi connectivity index (χ1) is 9.34. The number of aromatic nitrogens is 1. The average Bonchev–Trinajstić information content (AvgIpc) is 2.47. The van der Waals surface area contributed by atoms with Gasteiger partial charge in [-0.1, -0.05) is 12.1 Å². The molecule has 0 atom stereocenters. The van der Waals surface area contributed by atoms with Crippen LogP contribution in [0.4, 0.5) is 5.69 Å². The predicted octanol–water partition coefficient (Wildman–Crippen LogP) is 3.84. The third kappa shape index (κ3) is 2.90. The van der Waals surface area contributed by atoms with Crippen molar-refractivity contribution in [3.05, 3.63) is 34.9 Å². The second kappa shape index (κ2) is 5.88. The number of nitrogens with one attached hydrogen (secondary N) is 1. The summed E-state index contributed by atoms with van der Waals surface area (Å²) < 4.78 is 6.44. The molecule has 1 aliphatic rings. The Morgan fingerprint density at radius 1 is 1.26 bits per heavy atom. The predicted molar refractivity (Wildman–Crippen MR) is 81.5 cm³/mol. The van der Waals surface area contributed by atoms with Gasteiger partial charge in [0.05, 0.1) is 5.52 Å². The molecule has 0 radical (unpaired) electrons. The van der Waals surface area contributed by atoms with E-state index >= 15 is 0 Å². The van der Waals surface area contributed by atoms with Crippen molar-refractivity contribution in [2.24, 2.45) is 5.92 Å². The third-order valence-electron chi connectivity index (χ3n) is 3.64. The van der Waals surface area contributed by atoms with Gasteiger partial charge in [0.15, 0.2) is 0 Å². The highest BCUT2D eigenvalue weighted by Crippen LogP contribution is 2.27. The van der Waals surface area contributed by atoms with Crippen molar-refractivity contribution < 1.29 is 4.74 Å². The van der Waals surface area contributed by atoms with Crippen LogP contribution < -0.4 is 5.32 Å². The molecule has 3 nitrogen and oxygen atoms in total. The van der Waals surface area contributed by atoms with Gasteiger partial charge >= 0.3 is 0 Å². The lowest BCUT2D eigenvalue weighted by Gasteiger charge is -2.23. The summed E-state index contributed by atoms with van der Waals surface area (Å²) in [6, 6.07) is 8.23. The number of para-hydroxylation sites is 1. The van der Waals surface area contributed by atoms with Crippen LogP contribution in [-0.4, -0.2) is 24.7 Å². The molecule has 4 heteroatoms. The lowest BCUT2D eigenvalue weighted by atomic mass is 10.0. The molecular weight excluding hydrogens is 304 g/mol. The number of nitrogens with zero attached hydrogens (tertiary/aromatic N) is 1. The molecule has 0 aliphatic carbocycles. The number of anilines is 1. The van der Waals surface area contributed by atoms with Crippen LogP contribution in [0, 0.1) is 5.92 Å². The number of fused-ring (bicyclic) bond motifs is 1. The maximum absolute atomic E-state index is 5.39. The summed E-state index contributed by atoms with van der Waals surface area (Å²) in [4.78, 5) is 4.43. The van der Waals surface area contributed by atoms with E-state index in [9.17, 15) is 0 Å². The number of rotatable bonds is 3. The first-order valence-electron chi connectivity index (χ1n) is 6.69. The summed E-state index contributed by atoms with van der Waals surface area (Å²) >= 11 is 3.55. The number of hydrogen-bond acceptors (Lipinski definition) is 3. The molecule has 1 saturated heterocycles. The van der Waals surface area contributed by atoms with Crippen LogP contribution in [0.2, 0.25) is 0 Å². The van der Waals surface area contributed by atoms with E-state index in [2.05, 4.69) is 32.3 Å². The second-order valence-corrected chi connectivity index (χ2v) is 5.79. The van der Waals surface area contributed by atoms with Crippen molar-refractivity contribution in [2.75, 3.05) is 25.1 Å². The van der Waals surface area contributed by atoms with Gasteiger partial charge in [-0.25, -0.2) is 0 Å².